The Balaban J connectivity index is 1.58. The van der Waals surface area contributed by atoms with Crippen LogP contribution in [0.4, 0.5) is 11.5 Å². The lowest BCUT2D eigenvalue weighted by Gasteiger charge is -2.09. The van der Waals surface area contributed by atoms with Gasteiger partial charge in [-0.2, -0.15) is 0 Å². The fraction of sp³-hybridized carbons (Fsp3) is 0.143. The number of halogens is 1. The second-order valence-corrected chi connectivity index (χ2v) is 6.36. The number of aromatic nitrogens is 1. The highest BCUT2D eigenvalue weighted by atomic mass is 35.5. The second kappa shape index (κ2) is 9.05. The van der Waals surface area contributed by atoms with Crippen molar-refractivity contribution in [1.82, 2.24) is 4.98 Å². The lowest BCUT2D eigenvalue weighted by atomic mass is 10.1. The van der Waals surface area contributed by atoms with E-state index in [4.69, 9.17) is 16.3 Å². The molecular weight excluding hydrogens is 362 g/mol. The molecule has 138 valence electrons. The normalized spacial score (nSPS) is 10.3. The van der Waals surface area contributed by atoms with Crippen LogP contribution in [0.2, 0.25) is 5.02 Å². The molecule has 1 aromatic heterocycles. The standard InChI is InChI=1S/C21H20ClN3O2/c1-27-19-7-2-4-15(12-19)8-10-23-20-13-16(9-11-24-20)21(26)25-18-6-3-5-17(22)14-18/h2-7,9,11-14H,8,10H2,1H3,(H,23,24)(H,25,26). The van der Waals surface area contributed by atoms with Gasteiger partial charge in [-0.25, -0.2) is 4.98 Å². The van der Waals surface area contributed by atoms with E-state index >= 15 is 0 Å². The van der Waals surface area contributed by atoms with Crippen molar-refractivity contribution in [3.63, 3.8) is 0 Å². The second-order valence-electron chi connectivity index (χ2n) is 5.92. The molecule has 0 aliphatic rings. The summed E-state index contributed by atoms with van der Waals surface area (Å²) in [5, 5.41) is 6.65. The molecule has 1 amide bonds. The van der Waals surface area contributed by atoms with Crippen LogP contribution < -0.4 is 15.4 Å². The molecule has 5 nitrogen and oxygen atoms in total. The van der Waals surface area contributed by atoms with E-state index in [1.54, 1.807) is 49.7 Å². The number of nitrogens with zero attached hydrogens (tertiary/aromatic N) is 1. The number of carbonyl (C=O) groups is 1. The van der Waals surface area contributed by atoms with Gasteiger partial charge in [0.1, 0.15) is 11.6 Å². The van der Waals surface area contributed by atoms with Crippen LogP contribution in [-0.4, -0.2) is 24.5 Å². The highest BCUT2D eigenvalue weighted by Gasteiger charge is 2.08. The molecule has 27 heavy (non-hydrogen) atoms. The van der Waals surface area contributed by atoms with E-state index in [1.165, 1.54) is 0 Å². The quantitative estimate of drug-likeness (QED) is 0.625. The number of nitrogens with one attached hydrogen (secondary N) is 2. The Morgan fingerprint density at radius 1 is 1.11 bits per heavy atom. The summed E-state index contributed by atoms with van der Waals surface area (Å²) in [6.07, 6.45) is 2.43. The van der Waals surface area contributed by atoms with E-state index in [1.807, 2.05) is 24.3 Å². The molecule has 0 radical (unpaired) electrons. The van der Waals surface area contributed by atoms with Crippen molar-refractivity contribution in [2.24, 2.45) is 0 Å². The Kier molecular flexibility index (Phi) is 6.28. The zero-order valence-electron chi connectivity index (χ0n) is 14.9. The maximum absolute atomic E-state index is 12.4. The van der Waals surface area contributed by atoms with Gasteiger partial charge >= 0.3 is 0 Å². The molecule has 0 saturated carbocycles. The van der Waals surface area contributed by atoms with Crippen molar-refractivity contribution >= 4 is 29.0 Å². The van der Waals surface area contributed by atoms with Gasteiger partial charge in [0.15, 0.2) is 0 Å². The summed E-state index contributed by atoms with van der Waals surface area (Å²) in [4.78, 5) is 16.7. The fourth-order valence-corrected chi connectivity index (χ4v) is 2.79. The minimum Gasteiger partial charge on any atom is -0.497 e. The summed E-state index contributed by atoms with van der Waals surface area (Å²) in [6, 6.07) is 18.4. The molecular formula is C21H20ClN3O2. The van der Waals surface area contributed by atoms with Crippen molar-refractivity contribution in [2.75, 3.05) is 24.3 Å². The predicted molar refractivity (Wildman–Crippen MR) is 109 cm³/mol. The summed E-state index contributed by atoms with van der Waals surface area (Å²) in [6.45, 7) is 0.694. The first-order valence-corrected chi connectivity index (χ1v) is 8.91. The zero-order chi connectivity index (χ0) is 19.1. The minimum absolute atomic E-state index is 0.212. The van der Waals surface area contributed by atoms with Gasteiger partial charge in [0.25, 0.3) is 5.91 Å². The third-order valence-corrected chi connectivity index (χ3v) is 4.19. The molecule has 0 atom stereocenters. The van der Waals surface area contributed by atoms with Gasteiger partial charge < -0.3 is 15.4 Å². The largest absolute Gasteiger partial charge is 0.497 e. The number of anilines is 2. The average molecular weight is 382 g/mol. The maximum atomic E-state index is 12.4. The molecule has 6 heteroatoms. The van der Waals surface area contributed by atoms with Crippen LogP contribution >= 0.6 is 11.6 Å². The van der Waals surface area contributed by atoms with E-state index in [9.17, 15) is 4.79 Å². The molecule has 0 fully saturated rings. The smallest absolute Gasteiger partial charge is 0.255 e. The number of amides is 1. The summed E-state index contributed by atoms with van der Waals surface area (Å²) in [5.74, 6) is 1.28. The highest BCUT2D eigenvalue weighted by Crippen LogP contribution is 2.17. The van der Waals surface area contributed by atoms with Crippen molar-refractivity contribution < 1.29 is 9.53 Å². The molecule has 0 aliphatic heterocycles. The van der Waals surface area contributed by atoms with Crippen molar-refractivity contribution in [1.29, 1.82) is 0 Å². The number of hydrogen-bond donors (Lipinski definition) is 2. The number of methoxy groups -OCH3 is 1. The Morgan fingerprint density at radius 2 is 1.96 bits per heavy atom. The number of benzene rings is 2. The zero-order valence-corrected chi connectivity index (χ0v) is 15.7. The number of hydrogen-bond acceptors (Lipinski definition) is 4. The Morgan fingerprint density at radius 3 is 2.78 bits per heavy atom. The topological polar surface area (TPSA) is 63.2 Å². The molecule has 0 unspecified atom stereocenters. The monoisotopic (exact) mass is 381 g/mol. The first-order valence-electron chi connectivity index (χ1n) is 8.54. The van der Waals surface area contributed by atoms with Crippen LogP contribution in [0, 0.1) is 0 Å². The summed E-state index contributed by atoms with van der Waals surface area (Å²) in [7, 11) is 1.65. The van der Waals surface area contributed by atoms with Gasteiger partial charge in [-0.15, -0.1) is 0 Å². The number of rotatable bonds is 7. The van der Waals surface area contributed by atoms with Crippen molar-refractivity contribution in [3.05, 3.63) is 83.0 Å². The molecule has 2 aromatic carbocycles. The molecule has 2 N–H and O–H groups in total. The number of carbonyl (C=O) groups excluding carboxylic acids is 1. The molecule has 0 spiro atoms. The molecule has 3 aromatic rings. The lowest BCUT2D eigenvalue weighted by Crippen LogP contribution is -2.13. The van der Waals surface area contributed by atoms with Crippen molar-refractivity contribution in [3.8, 4) is 5.75 Å². The van der Waals surface area contributed by atoms with Crippen LogP contribution in [0.1, 0.15) is 15.9 Å². The first-order chi connectivity index (χ1) is 13.1. The van der Waals surface area contributed by atoms with Crippen molar-refractivity contribution in [2.45, 2.75) is 6.42 Å². The molecule has 3 rings (SSSR count). The molecule has 0 bridgehead atoms. The van der Waals surface area contributed by atoms with E-state index < -0.39 is 0 Å². The number of pyridine rings is 1. The Labute approximate surface area is 163 Å². The van der Waals surface area contributed by atoms with Gasteiger partial charge in [-0.1, -0.05) is 29.8 Å². The maximum Gasteiger partial charge on any atom is 0.255 e. The Hall–Kier alpha value is -3.05. The van der Waals surface area contributed by atoms with Crippen LogP contribution in [0.3, 0.4) is 0 Å². The first kappa shape index (κ1) is 18.7. The van der Waals surface area contributed by atoms with Crippen LogP contribution in [0.5, 0.6) is 5.75 Å². The van der Waals surface area contributed by atoms with Gasteiger partial charge in [-0.3, -0.25) is 4.79 Å². The summed E-state index contributed by atoms with van der Waals surface area (Å²) >= 11 is 5.95. The van der Waals surface area contributed by atoms with Gasteiger partial charge in [0.2, 0.25) is 0 Å². The Bertz CT molecular complexity index is 931. The third kappa shape index (κ3) is 5.46. The predicted octanol–water partition coefficient (Wildman–Crippen LogP) is 4.65. The lowest BCUT2D eigenvalue weighted by molar-refractivity contribution is 0.102. The van der Waals surface area contributed by atoms with Crippen LogP contribution in [-0.2, 0) is 6.42 Å². The van der Waals surface area contributed by atoms with E-state index in [0.29, 0.717) is 28.6 Å². The minimum atomic E-state index is -0.212. The van der Waals surface area contributed by atoms with Gasteiger partial charge in [0, 0.05) is 29.0 Å². The van der Waals surface area contributed by atoms with Gasteiger partial charge in [0.05, 0.1) is 7.11 Å². The summed E-state index contributed by atoms with van der Waals surface area (Å²) < 4.78 is 5.23. The molecule has 1 heterocycles. The molecule has 0 saturated heterocycles. The van der Waals surface area contributed by atoms with Crippen LogP contribution in [0.25, 0.3) is 0 Å². The highest BCUT2D eigenvalue weighted by molar-refractivity contribution is 6.30. The average Bonchev–Trinajstić information content (AvgIpc) is 2.68. The number of ether oxygens (including phenoxy) is 1. The summed E-state index contributed by atoms with van der Waals surface area (Å²) in [5.41, 5.74) is 2.34. The van der Waals surface area contributed by atoms with E-state index in [2.05, 4.69) is 15.6 Å². The fourth-order valence-electron chi connectivity index (χ4n) is 2.60. The third-order valence-electron chi connectivity index (χ3n) is 3.96. The SMILES string of the molecule is COc1cccc(CCNc2cc(C(=O)Nc3cccc(Cl)c3)ccn2)c1. The van der Waals surface area contributed by atoms with Crippen LogP contribution in [0.15, 0.2) is 66.9 Å². The molecule has 0 aliphatic carbocycles. The van der Waals surface area contributed by atoms with E-state index in [0.717, 1.165) is 17.7 Å². The van der Waals surface area contributed by atoms with E-state index in [-0.39, 0.29) is 5.91 Å². The van der Waals surface area contributed by atoms with Gasteiger partial charge in [-0.05, 0) is 54.4 Å².